The zero-order valence-corrected chi connectivity index (χ0v) is 13.2. The van der Waals surface area contributed by atoms with Crippen LogP contribution in [0, 0.1) is 0 Å². The monoisotopic (exact) mass is 347 g/mol. The van der Waals surface area contributed by atoms with Gasteiger partial charge in [0.1, 0.15) is 0 Å². The van der Waals surface area contributed by atoms with E-state index in [1.807, 2.05) is 6.92 Å². The summed E-state index contributed by atoms with van der Waals surface area (Å²) < 4.78 is 28.1. The van der Waals surface area contributed by atoms with Crippen molar-refractivity contribution in [3.8, 4) is 0 Å². The molecule has 0 unspecified atom stereocenters. The van der Waals surface area contributed by atoms with E-state index in [1.54, 1.807) is 12.1 Å². The Morgan fingerprint density at radius 3 is 2.53 bits per heavy atom. The summed E-state index contributed by atoms with van der Waals surface area (Å²) in [6.45, 7) is 1.90. The second kappa shape index (κ2) is 5.52. The molecule has 1 aliphatic carbocycles. The molecule has 0 saturated heterocycles. The number of halogens is 1. The summed E-state index contributed by atoms with van der Waals surface area (Å²) in [6, 6.07) is 4.78. The van der Waals surface area contributed by atoms with Crippen molar-refractivity contribution < 1.29 is 13.5 Å². The first-order valence-electron chi connectivity index (χ1n) is 6.36. The molecule has 106 valence electrons. The molecule has 1 aliphatic rings. The Hall–Kier alpha value is -0.430. The van der Waals surface area contributed by atoms with Crippen LogP contribution in [0.15, 0.2) is 27.6 Å². The Morgan fingerprint density at radius 1 is 1.42 bits per heavy atom. The molecule has 6 heteroatoms. The zero-order valence-electron chi connectivity index (χ0n) is 10.8. The minimum Gasteiger partial charge on any atom is -0.392 e. The van der Waals surface area contributed by atoms with Crippen LogP contribution in [0.3, 0.4) is 0 Å². The van der Waals surface area contributed by atoms with Crippen LogP contribution in [0.1, 0.15) is 38.2 Å². The van der Waals surface area contributed by atoms with Crippen molar-refractivity contribution in [2.45, 2.75) is 49.6 Å². The lowest BCUT2D eigenvalue weighted by Gasteiger charge is -2.41. The Balaban J connectivity index is 2.29. The third-order valence-corrected chi connectivity index (χ3v) is 6.36. The Bertz CT molecular complexity index is 562. The zero-order chi connectivity index (χ0) is 14.1. The molecule has 1 aromatic rings. The molecule has 0 aromatic heterocycles. The topological polar surface area (TPSA) is 66.4 Å². The summed E-state index contributed by atoms with van der Waals surface area (Å²) in [5.74, 6) is 0. The van der Waals surface area contributed by atoms with Gasteiger partial charge in [-0.3, -0.25) is 0 Å². The summed E-state index contributed by atoms with van der Waals surface area (Å²) in [5, 5.41) is 9.04. The number of rotatable bonds is 5. The lowest BCUT2D eigenvalue weighted by Crippen LogP contribution is -2.52. The second-order valence-corrected chi connectivity index (χ2v) is 7.52. The van der Waals surface area contributed by atoms with E-state index in [0.717, 1.165) is 25.7 Å². The largest absolute Gasteiger partial charge is 0.392 e. The van der Waals surface area contributed by atoms with Crippen LogP contribution in [0.5, 0.6) is 0 Å². The number of aliphatic hydroxyl groups excluding tert-OH is 1. The molecule has 1 aromatic carbocycles. The highest BCUT2D eigenvalue weighted by Crippen LogP contribution is 2.36. The summed E-state index contributed by atoms with van der Waals surface area (Å²) in [6.07, 6.45) is 3.67. The van der Waals surface area contributed by atoms with Crippen LogP contribution < -0.4 is 4.72 Å². The number of sulfonamides is 1. The fourth-order valence-corrected chi connectivity index (χ4v) is 4.99. The summed E-state index contributed by atoms with van der Waals surface area (Å²) in [7, 11) is -3.53. The molecule has 0 aliphatic heterocycles. The molecule has 1 fully saturated rings. The molecule has 1 saturated carbocycles. The van der Waals surface area contributed by atoms with E-state index >= 15 is 0 Å². The maximum Gasteiger partial charge on any atom is 0.242 e. The fourth-order valence-electron chi connectivity index (χ4n) is 2.33. The Kier molecular flexibility index (Phi) is 4.35. The van der Waals surface area contributed by atoms with Gasteiger partial charge in [-0.1, -0.05) is 13.0 Å². The second-order valence-electron chi connectivity index (χ2n) is 5.02. The quantitative estimate of drug-likeness (QED) is 0.859. The number of hydrogen-bond acceptors (Lipinski definition) is 3. The van der Waals surface area contributed by atoms with Gasteiger partial charge in [-0.05, 0) is 59.3 Å². The van der Waals surface area contributed by atoms with Crippen LogP contribution in [0.25, 0.3) is 0 Å². The number of hydrogen-bond donors (Lipinski definition) is 2. The van der Waals surface area contributed by atoms with Gasteiger partial charge in [0.05, 0.1) is 11.5 Å². The van der Waals surface area contributed by atoms with Crippen molar-refractivity contribution in [3.05, 3.63) is 28.2 Å². The predicted octanol–water partition coefficient (Wildman–Crippen LogP) is 2.55. The van der Waals surface area contributed by atoms with Gasteiger partial charge in [0.15, 0.2) is 0 Å². The van der Waals surface area contributed by atoms with Gasteiger partial charge < -0.3 is 5.11 Å². The molecule has 0 heterocycles. The minimum absolute atomic E-state index is 0.106. The van der Waals surface area contributed by atoms with Crippen molar-refractivity contribution in [1.82, 2.24) is 4.72 Å². The first-order chi connectivity index (χ1) is 8.92. The van der Waals surface area contributed by atoms with E-state index in [9.17, 15) is 8.42 Å². The van der Waals surface area contributed by atoms with Crippen LogP contribution in [-0.4, -0.2) is 19.1 Å². The van der Waals surface area contributed by atoms with Crippen LogP contribution in [0.2, 0.25) is 0 Å². The smallest absolute Gasteiger partial charge is 0.242 e. The van der Waals surface area contributed by atoms with E-state index in [0.29, 0.717) is 10.0 Å². The van der Waals surface area contributed by atoms with Crippen molar-refractivity contribution in [2.24, 2.45) is 0 Å². The molecule has 0 amide bonds. The molecule has 2 N–H and O–H groups in total. The van der Waals surface area contributed by atoms with Gasteiger partial charge in [-0.15, -0.1) is 0 Å². The van der Waals surface area contributed by atoms with E-state index in [-0.39, 0.29) is 17.0 Å². The maximum absolute atomic E-state index is 12.4. The third-order valence-electron chi connectivity index (χ3n) is 3.81. The number of aliphatic hydroxyl groups is 1. The molecule has 2 rings (SSSR count). The first-order valence-corrected chi connectivity index (χ1v) is 8.63. The van der Waals surface area contributed by atoms with Gasteiger partial charge in [-0.25, -0.2) is 13.1 Å². The Labute approximate surface area is 122 Å². The molecule has 0 spiro atoms. The lowest BCUT2D eigenvalue weighted by molar-refractivity contribution is 0.214. The van der Waals surface area contributed by atoms with Gasteiger partial charge in [0.25, 0.3) is 0 Å². The average molecular weight is 348 g/mol. The average Bonchev–Trinajstić information content (AvgIpc) is 2.33. The van der Waals surface area contributed by atoms with Crippen LogP contribution >= 0.6 is 15.9 Å². The van der Waals surface area contributed by atoms with Gasteiger partial charge in [0.2, 0.25) is 10.0 Å². The van der Waals surface area contributed by atoms with Gasteiger partial charge in [-0.2, -0.15) is 0 Å². The lowest BCUT2D eigenvalue weighted by atomic mass is 9.76. The summed E-state index contributed by atoms with van der Waals surface area (Å²) >= 11 is 3.26. The molecular weight excluding hydrogens is 330 g/mol. The first kappa shape index (κ1) is 15.0. The van der Waals surface area contributed by atoms with Gasteiger partial charge >= 0.3 is 0 Å². The Morgan fingerprint density at radius 2 is 2.11 bits per heavy atom. The highest BCUT2D eigenvalue weighted by atomic mass is 79.9. The van der Waals surface area contributed by atoms with Crippen molar-refractivity contribution >= 4 is 26.0 Å². The van der Waals surface area contributed by atoms with Gasteiger partial charge in [0, 0.05) is 10.0 Å². The minimum atomic E-state index is -3.53. The molecular formula is C13H18BrNO3S. The maximum atomic E-state index is 12.4. The summed E-state index contributed by atoms with van der Waals surface area (Å²) in [5.41, 5.74) is 0.410. The van der Waals surface area contributed by atoms with E-state index < -0.39 is 10.0 Å². The van der Waals surface area contributed by atoms with Crippen molar-refractivity contribution in [3.63, 3.8) is 0 Å². The van der Waals surface area contributed by atoms with Crippen molar-refractivity contribution in [1.29, 1.82) is 0 Å². The molecule has 19 heavy (non-hydrogen) atoms. The molecule has 0 bridgehead atoms. The third kappa shape index (κ3) is 3.02. The summed E-state index contributed by atoms with van der Waals surface area (Å²) in [4.78, 5) is 0.226. The van der Waals surface area contributed by atoms with E-state index in [4.69, 9.17) is 5.11 Å². The standard InChI is InChI=1S/C13H18BrNO3S/c1-2-13(6-3-7-13)15-19(17,18)12-5-4-10(9-16)8-11(12)14/h4-5,8,15-16H,2-3,6-7,9H2,1H3. The number of nitrogens with one attached hydrogen (secondary N) is 1. The van der Waals surface area contributed by atoms with Crippen LogP contribution in [-0.2, 0) is 16.6 Å². The SMILES string of the molecule is CCC1(NS(=O)(=O)c2ccc(CO)cc2Br)CCC1. The van der Waals surface area contributed by atoms with Crippen LogP contribution in [0.4, 0.5) is 0 Å². The van der Waals surface area contributed by atoms with E-state index in [2.05, 4.69) is 20.7 Å². The fraction of sp³-hybridized carbons (Fsp3) is 0.538. The molecule has 0 atom stereocenters. The highest BCUT2D eigenvalue weighted by molar-refractivity contribution is 9.10. The van der Waals surface area contributed by atoms with Crippen molar-refractivity contribution in [2.75, 3.05) is 0 Å². The molecule has 4 nitrogen and oxygen atoms in total. The highest BCUT2D eigenvalue weighted by Gasteiger charge is 2.39. The molecule has 0 radical (unpaired) electrons. The number of benzene rings is 1. The van der Waals surface area contributed by atoms with E-state index in [1.165, 1.54) is 6.07 Å². The normalized spacial score (nSPS) is 18.1. The predicted molar refractivity (Wildman–Crippen MR) is 77.3 cm³/mol.